The van der Waals surface area contributed by atoms with Gasteiger partial charge in [-0.1, -0.05) is 36.0 Å². The van der Waals surface area contributed by atoms with Crippen molar-refractivity contribution < 1.29 is 9.53 Å². The number of pyridine rings is 1. The van der Waals surface area contributed by atoms with Crippen molar-refractivity contribution in [3.63, 3.8) is 0 Å². The summed E-state index contributed by atoms with van der Waals surface area (Å²) in [5.74, 6) is 0.603. The molecule has 0 aliphatic rings. The quantitative estimate of drug-likeness (QED) is 0.385. The van der Waals surface area contributed by atoms with Crippen molar-refractivity contribution in [1.82, 2.24) is 19.9 Å². The van der Waals surface area contributed by atoms with Crippen molar-refractivity contribution in [2.45, 2.75) is 24.7 Å². The molecule has 4 rings (SSSR count). The predicted octanol–water partition coefficient (Wildman–Crippen LogP) is 5.06. The lowest BCUT2D eigenvalue weighted by Gasteiger charge is -2.16. The summed E-state index contributed by atoms with van der Waals surface area (Å²) >= 11 is 1.56. The highest BCUT2D eigenvalue weighted by atomic mass is 32.2. The highest BCUT2D eigenvalue weighted by molar-refractivity contribution is 7.98. The summed E-state index contributed by atoms with van der Waals surface area (Å²) in [4.78, 5) is 21.5. The van der Waals surface area contributed by atoms with E-state index in [4.69, 9.17) is 4.74 Å². The Morgan fingerprint density at radius 2 is 1.94 bits per heavy atom. The lowest BCUT2D eigenvalue weighted by atomic mass is 10.1. The van der Waals surface area contributed by atoms with Gasteiger partial charge in [-0.05, 0) is 61.2 Å². The average Bonchev–Trinajstić information content (AvgIpc) is 3.33. The number of ether oxygens (including phenoxy) is 1. The van der Waals surface area contributed by atoms with Crippen molar-refractivity contribution in [3.8, 4) is 11.4 Å². The number of imidazole rings is 1. The smallest absolute Gasteiger partial charge is 0.251 e. The number of nitrogens with zero attached hydrogens (tertiary/aromatic N) is 3. The van der Waals surface area contributed by atoms with Crippen LogP contribution in [-0.4, -0.2) is 26.7 Å². The highest BCUT2D eigenvalue weighted by Gasteiger charge is 2.14. The van der Waals surface area contributed by atoms with E-state index >= 15 is 0 Å². The van der Waals surface area contributed by atoms with Gasteiger partial charge in [0.1, 0.15) is 12.4 Å². The minimum Gasteiger partial charge on any atom is -0.487 e. The summed E-state index contributed by atoms with van der Waals surface area (Å²) in [6.07, 6.45) is 7.37. The third-order valence-corrected chi connectivity index (χ3v) is 5.66. The number of nitrogens with one attached hydrogen (secondary N) is 1. The first-order valence-corrected chi connectivity index (χ1v) is 11.5. The summed E-state index contributed by atoms with van der Waals surface area (Å²) in [6, 6.07) is 20.8. The number of carbonyl (C=O) groups excluding carboxylic acids is 1. The molecule has 32 heavy (non-hydrogen) atoms. The molecule has 6 nitrogen and oxygen atoms in total. The zero-order valence-corrected chi connectivity index (χ0v) is 18.8. The van der Waals surface area contributed by atoms with E-state index < -0.39 is 0 Å². The number of benzene rings is 2. The molecule has 0 aliphatic carbocycles. The van der Waals surface area contributed by atoms with Crippen LogP contribution in [0.15, 0.2) is 90.5 Å². The molecule has 1 unspecified atom stereocenters. The van der Waals surface area contributed by atoms with E-state index in [1.165, 1.54) is 0 Å². The van der Waals surface area contributed by atoms with Gasteiger partial charge in [-0.15, -0.1) is 0 Å². The lowest BCUT2D eigenvalue weighted by Crippen LogP contribution is -2.26. The largest absolute Gasteiger partial charge is 0.487 e. The number of rotatable bonds is 8. The van der Waals surface area contributed by atoms with Gasteiger partial charge in [0.05, 0.1) is 11.7 Å². The number of thioether (sulfide) groups is 1. The van der Waals surface area contributed by atoms with E-state index in [-0.39, 0.29) is 11.9 Å². The first-order valence-electron chi connectivity index (χ1n) is 10.3. The Balaban J connectivity index is 1.43. The Hall–Kier alpha value is -3.58. The second-order valence-electron chi connectivity index (χ2n) is 7.21. The van der Waals surface area contributed by atoms with Crippen LogP contribution >= 0.6 is 11.8 Å². The standard InChI is InChI=1S/C25H24N4O2S/c1-18(19-7-6-11-23(16-19)31-17-21-9-3-4-12-26-21)28-24(30)20-8-5-10-22(15-20)29-14-13-27-25(29)32-2/h3-16,18H,17H2,1-2H3,(H,28,30). The molecule has 162 valence electrons. The van der Waals surface area contributed by atoms with Gasteiger partial charge in [0.15, 0.2) is 5.16 Å². The molecule has 1 N–H and O–H groups in total. The van der Waals surface area contributed by atoms with Crippen LogP contribution in [0.1, 0.15) is 34.6 Å². The van der Waals surface area contributed by atoms with Crippen LogP contribution in [0.3, 0.4) is 0 Å². The predicted molar refractivity (Wildman–Crippen MR) is 126 cm³/mol. The zero-order valence-electron chi connectivity index (χ0n) is 17.9. The summed E-state index contributed by atoms with van der Waals surface area (Å²) in [5, 5.41) is 3.95. The van der Waals surface area contributed by atoms with E-state index in [1.807, 2.05) is 90.7 Å². The molecule has 0 fully saturated rings. The van der Waals surface area contributed by atoms with Crippen molar-refractivity contribution in [2.24, 2.45) is 0 Å². The molecule has 0 saturated heterocycles. The van der Waals surface area contributed by atoms with Gasteiger partial charge in [0, 0.05) is 29.8 Å². The first kappa shape index (κ1) is 21.6. The van der Waals surface area contributed by atoms with E-state index in [0.717, 1.165) is 27.9 Å². The van der Waals surface area contributed by atoms with E-state index in [0.29, 0.717) is 12.2 Å². The SMILES string of the molecule is CSc1nccn1-c1cccc(C(=O)NC(C)c2cccc(OCc3ccccn3)c2)c1. The normalized spacial score (nSPS) is 11.7. The molecular weight excluding hydrogens is 420 g/mol. The second-order valence-corrected chi connectivity index (χ2v) is 7.99. The third kappa shape index (κ3) is 5.18. The fourth-order valence-electron chi connectivity index (χ4n) is 3.31. The van der Waals surface area contributed by atoms with Crippen molar-refractivity contribution in [3.05, 3.63) is 102 Å². The van der Waals surface area contributed by atoms with Crippen LogP contribution in [-0.2, 0) is 6.61 Å². The van der Waals surface area contributed by atoms with Crippen molar-refractivity contribution in [1.29, 1.82) is 0 Å². The number of carbonyl (C=O) groups is 1. The maximum Gasteiger partial charge on any atom is 0.251 e. The van der Waals surface area contributed by atoms with Crippen LogP contribution in [0.25, 0.3) is 5.69 Å². The molecule has 4 aromatic rings. The van der Waals surface area contributed by atoms with Crippen molar-refractivity contribution >= 4 is 17.7 Å². The highest BCUT2D eigenvalue weighted by Crippen LogP contribution is 2.22. The topological polar surface area (TPSA) is 69.0 Å². The third-order valence-electron chi connectivity index (χ3n) is 4.99. The minimum atomic E-state index is -0.181. The molecule has 0 radical (unpaired) electrons. The van der Waals surface area contributed by atoms with Crippen LogP contribution in [0.2, 0.25) is 0 Å². The maximum atomic E-state index is 12.9. The van der Waals surface area contributed by atoms with Crippen LogP contribution < -0.4 is 10.1 Å². The first-order chi connectivity index (χ1) is 15.6. The van der Waals surface area contributed by atoms with Crippen LogP contribution in [0.5, 0.6) is 5.75 Å². The van der Waals surface area contributed by atoms with E-state index in [2.05, 4.69) is 15.3 Å². The molecule has 1 amide bonds. The van der Waals surface area contributed by atoms with Crippen LogP contribution in [0.4, 0.5) is 0 Å². The molecule has 2 heterocycles. The van der Waals surface area contributed by atoms with Gasteiger partial charge in [0.25, 0.3) is 5.91 Å². The molecule has 0 aliphatic heterocycles. The summed E-state index contributed by atoms with van der Waals surface area (Å²) in [7, 11) is 0. The Morgan fingerprint density at radius 1 is 1.06 bits per heavy atom. The Kier molecular flexibility index (Phi) is 6.87. The van der Waals surface area contributed by atoms with Gasteiger partial charge in [-0.2, -0.15) is 0 Å². The maximum absolute atomic E-state index is 12.9. The minimum absolute atomic E-state index is 0.134. The molecule has 7 heteroatoms. The van der Waals surface area contributed by atoms with E-state index in [1.54, 1.807) is 24.2 Å². The summed E-state index contributed by atoms with van der Waals surface area (Å²) < 4.78 is 7.83. The monoisotopic (exact) mass is 444 g/mol. The van der Waals surface area contributed by atoms with Gasteiger partial charge in [0.2, 0.25) is 0 Å². The average molecular weight is 445 g/mol. The molecule has 0 spiro atoms. The fraction of sp³-hybridized carbons (Fsp3) is 0.160. The molecule has 0 bridgehead atoms. The fourth-order valence-corrected chi connectivity index (χ4v) is 3.84. The number of hydrogen-bond donors (Lipinski definition) is 1. The van der Waals surface area contributed by atoms with Gasteiger partial charge < -0.3 is 10.1 Å². The molecular formula is C25H24N4O2S. The number of hydrogen-bond acceptors (Lipinski definition) is 5. The Bertz CT molecular complexity index is 1190. The molecule has 2 aromatic carbocycles. The van der Waals surface area contributed by atoms with Gasteiger partial charge in [-0.3, -0.25) is 14.3 Å². The summed E-state index contributed by atoms with van der Waals surface area (Å²) in [5.41, 5.74) is 3.32. The lowest BCUT2D eigenvalue weighted by molar-refractivity contribution is 0.0939. The summed E-state index contributed by atoms with van der Waals surface area (Å²) in [6.45, 7) is 2.35. The number of amides is 1. The van der Waals surface area contributed by atoms with Crippen molar-refractivity contribution in [2.75, 3.05) is 6.26 Å². The van der Waals surface area contributed by atoms with Gasteiger partial charge >= 0.3 is 0 Å². The number of aromatic nitrogens is 3. The molecule has 0 saturated carbocycles. The Labute approximate surface area is 191 Å². The molecule has 1 atom stereocenters. The van der Waals surface area contributed by atoms with Gasteiger partial charge in [-0.25, -0.2) is 4.98 Å². The second kappa shape index (κ2) is 10.2. The zero-order chi connectivity index (χ0) is 22.3. The Morgan fingerprint density at radius 3 is 2.75 bits per heavy atom. The van der Waals surface area contributed by atoms with E-state index in [9.17, 15) is 4.79 Å². The van der Waals surface area contributed by atoms with Crippen LogP contribution in [0, 0.1) is 0 Å². The molecule has 2 aromatic heterocycles.